The van der Waals surface area contributed by atoms with Crippen molar-refractivity contribution in [1.82, 2.24) is 9.97 Å². The Labute approximate surface area is 163 Å². The van der Waals surface area contributed by atoms with E-state index in [1.807, 2.05) is 19.9 Å². The van der Waals surface area contributed by atoms with Gasteiger partial charge in [0, 0.05) is 46.6 Å². The highest BCUT2D eigenvalue weighted by molar-refractivity contribution is 5.94. The molecule has 3 rings (SSSR count). The smallest absolute Gasteiger partial charge is 0.216 e. The molecule has 2 heterocycles. The summed E-state index contributed by atoms with van der Waals surface area (Å²) < 4.78 is 33.7. The van der Waals surface area contributed by atoms with Crippen LogP contribution in [0.5, 0.6) is 5.88 Å². The molecule has 0 aliphatic rings. The van der Waals surface area contributed by atoms with Crippen molar-refractivity contribution in [3.8, 4) is 17.0 Å². The molecule has 6 heteroatoms. The van der Waals surface area contributed by atoms with Crippen molar-refractivity contribution in [3.63, 3.8) is 0 Å². The maximum atomic E-state index is 14.4. The third kappa shape index (κ3) is 4.44. The molecule has 0 aliphatic carbocycles. The summed E-state index contributed by atoms with van der Waals surface area (Å²) in [5.74, 6) is -0.341. The van der Waals surface area contributed by atoms with E-state index >= 15 is 0 Å². The van der Waals surface area contributed by atoms with Gasteiger partial charge in [0.05, 0.1) is 5.52 Å². The topological polar surface area (TPSA) is 61.0 Å². The summed E-state index contributed by atoms with van der Waals surface area (Å²) in [6.45, 7) is 8.43. The third-order valence-electron chi connectivity index (χ3n) is 4.51. The minimum absolute atomic E-state index is 0.264. The van der Waals surface area contributed by atoms with E-state index in [1.54, 1.807) is 12.3 Å². The number of aryl methyl sites for hydroxylation is 1. The summed E-state index contributed by atoms with van der Waals surface area (Å²) in [5.41, 5.74) is 8.24. The quantitative estimate of drug-likeness (QED) is 0.647. The summed E-state index contributed by atoms with van der Waals surface area (Å²) in [5, 5.41) is 0.269. The highest BCUT2D eigenvalue weighted by Gasteiger charge is 2.22. The zero-order valence-corrected chi connectivity index (χ0v) is 16.6. The van der Waals surface area contributed by atoms with E-state index < -0.39 is 17.2 Å². The van der Waals surface area contributed by atoms with Crippen LogP contribution in [0, 0.1) is 24.5 Å². The van der Waals surface area contributed by atoms with Gasteiger partial charge in [0.15, 0.2) is 0 Å². The predicted octanol–water partition coefficient (Wildman–Crippen LogP) is 5.03. The fraction of sp³-hybridized carbons (Fsp3) is 0.364. The number of nitrogens with two attached hydrogens (primary N) is 1. The van der Waals surface area contributed by atoms with Gasteiger partial charge >= 0.3 is 0 Å². The molecule has 2 N–H and O–H groups in total. The molecule has 148 valence electrons. The second kappa shape index (κ2) is 7.80. The maximum absolute atomic E-state index is 14.4. The first-order chi connectivity index (χ1) is 13.2. The van der Waals surface area contributed by atoms with Crippen molar-refractivity contribution in [1.29, 1.82) is 0 Å². The minimum Gasteiger partial charge on any atom is -0.476 e. The van der Waals surface area contributed by atoms with E-state index in [0.717, 1.165) is 18.1 Å². The first-order valence-corrected chi connectivity index (χ1v) is 9.29. The normalized spacial score (nSPS) is 13.7. The number of fused-ring (bicyclic) bond motifs is 1. The first kappa shape index (κ1) is 20.1. The van der Waals surface area contributed by atoms with Crippen LogP contribution >= 0.6 is 0 Å². The Morgan fingerprint density at radius 3 is 2.61 bits per heavy atom. The Kier molecular flexibility index (Phi) is 5.61. The monoisotopic (exact) mass is 385 g/mol. The Morgan fingerprint density at radius 2 is 1.93 bits per heavy atom. The molecule has 0 amide bonds. The van der Waals surface area contributed by atoms with Gasteiger partial charge in [-0.2, -0.15) is 0 Å². The highest BCUT2D eigenvalue weighted by Crippen LogP contribution is 2.31. The molecule has 28 heavy (non-hydrogen) atoms. The number of rotatable bonds is 6. The Bertz CT molecular complexity index is 1000. The van der Waals surface area contributed by atoms with E-state index in [2.05, 4.69) is 23.8 Å². The molecule has 0 radical (unpaired) electrons. The third-order valence-corrected chi connectivity index (χ3v) is 4.51. The molecule has 0 saturated carbocycles. The van der Waals surface area contributed by atoms with Gasteiger partial charge < -0.3 is 10.5 Å². The number of benzene rings is 1. The van der Waals surface area contributed by atoms with Crippen LogP contribution in [-0.4, -0.2) is 22.1 Å². The van der Waals surface area contributed by atoms with Crippen LogP contribution < -0.4 is 10.5 Å². The number of ether oxygens (including phenoxy) is 1. The van der Waals surface area contributed by atoms with Crippen molar-refractivity contribution in [2.75, 3.05) is 6.61 Å². The van der Waals surface area contributed by atoms with Gasteiger partial charge in [0.2, 0.25) is 5.88 Å². The van der Waals surface area contributed by atoms with Gasteiger partial charge in [-0.25, -0.2) is 13.8 Å². The summed E-state index contributed by atoms with van der Waals surface area (Å²) in [6, 6.07) is 5.65. The number of aromatic nitrogens is 2. The van der Waals surface area contributed by atoms with Gasteiger partial charge in [-0.05, 0) is 43.9 Å². The average molecular weight is 385 g/mol. The van der Waals surface area contributed by atoms with Crippen molar-refractivity contribution < 1.29 is 13.5 Å². The van der Waals surface area contributed by atoms with Gasteiger partial charge in [0.1, 0.15) is 18.2 Å². The predicted molar refractivity (Wildman–Crippen MR) is 107 cm³/mol. The summed E-state index contributed by atoms with van der Waals surface area (Å²) >= 11 is 0. The van der Waals surface area contributed by atoms with E-state index in [1.165, 1.54) is 12.3 Å². The fourth-order valence-electron chi connectivity index (χ4n) is 3.53. The van der Waals surface area contributed by atoms with Crippen LogP contribution in [0.1, 0.15) is 32.8 Å². The Balaban J connectivity index is 1.90. The molecule has 0 spiro atoms. The molecule has 0 saturated heterocycles. The Morgan fingerprint density at radius 1 is 1.18 bits per heavy atom. The number of hydrogen-bond donors (Lipinski definition) is 1. The largest absolute Gasteiger partial charge is 0.476 e. The van der Waals surface area contributed by atoms with Crippen molar-refractivity contribution >= 4 is 10.9 Å². The van der Waals surface area contributed by atoms with Crippen LogP contribution in [0.15, 0.2) is 36.7 Å². The van der Waals surface area contributed by atoms with Crippen LogP contribution in [0.25, 0.3) is 22.0 Å². The summed E-state index contributed by atoms with van der Waals surface area (Å²) in [7, 11) is 0. The summed E-state index contributed by atoms with van der Waals surface area (Å²) in [4.78, 5) is 8.47. The van der Waals surface area contributed by atoms with Crippen LogP contribution in [0.2, 0.25) is 0 Å². The van der Waals surface area contributed by atoms with E-state index in [4.69, 9.17) is 10.5 Å². The molecule has 0 bridgehead atoms. The fourth-order valence-corrected chi connectivity index (χ4v) is 3.53. The molecule has 0 fully saturated rings. The number of halogens is 2. The molecule has 0 unspecified atom stereocenters. The van der Waals surface area contributed by atoms with Crippen molar-refractivity contribution in [2.45, 2.75) is 39.7 Å². The second-order valence-electron chi connectivity index (χ2n) is 8.03. The SMILES string of the molecule is Cc1cc(-c2ccnc3cc(F)cc(F)c23)cnc1OC[C@@](C)(N)CC(C)C. The zero-order valence-electron chi connectivity index (χ0n) is 16.6. The van der Waals surface area contributed by atoms with E-state index in [0.29, 0.717) is 29.5 Å². The van der Waals surface area contributed by atoms with Crippen LogP contribution in [-0.2, 0) is 0 Å². The lowest BCUT2D eigenvalue weighted by Crippen LogP contribution is -2.43. The Hall–Kier alpha value is -2.60. The lowest BCUT2D eigenvalue weighted by Gasteiger charge is -2.26. The van der Waals surface area contributed by atoms with Crippen LogP contribution in [0.4, 0.5) is 8.78 Å². The summed E-state index contributed by atoms with van der Waals surface area (Å²) in [6.07, 6.45) is 3.99. The van der Waals surface area contributed by atoms with Crippen LogP contribution in [0.3, 0.4) is 0 Å². The lowest BCUT2D eigenvalue weighted by molar-refractivity contribution is 0.199. The molecule has 1 aromatic carbocycles. The lowest BCUT2D eigenvalue weighted by atomic mass is 9.93. The highest BCUT2D eigenvalue weighted by atomic mass is 19.1. The molecule has 3 aromatic rings. The van der Waals surface area contributed by atoms with E-state index in [-0.39, 0.29) is 10.9 Å². The first-order valence-electron chi connectivity index (χ1n) is 9.29. The zero-order chi connectivity index (χ0) is 20.5. The molecule has 2 aromatic heterocycles. The molecular weight excluding hydrogens is 360 g/mol. The molecule has 1 atom stereocenters. The molecular formula is C22H25F2N3O. The molecule has 4 nitrogen and oxygen atoms in total. The number of nitrogens with zero attached hydrogens (tertiary/aromatic N) is 2. The molecule has 0 aliphatic heterocycles. The standard InChI is InChI=1S/C22H25F2N3O/c1-13(2)10-22(4,25)12-28-21-14(3)7-15(11-27-21)17-5-6-26-19-9-16(23)8-18(24)20(17)19/h5-9,11,13H,10,12,25H2,1-4H3/t22-/m0/s1. The van der Waals surface area contributed by atoms with Gasteiger partial charge in [-0.3, -0.25) is 4.98 Å². The van der Waals surface area contributed by atoms with Gasteiger partial charge in [0.25, 0.3) is 0 Å². The van der Waals surface area contributed by atoms with E-state index in [9.17, 15) is 8.78 Å². The van der Waals surface area contributed by atoms with Crippen molar-refractivity contribution in [3.05, 3.63) is 53.9 Å². The maximum Gasteiger partial charge on any atom is 0.216 e. The number of hydrogen-bond acceptors (Lipinski definition) is 4. The van der Waals surface area contributed by atoms with Gasteiger partial charge in [-0.15, -0.1) is 0 Å². The minimum atomic E-state index is -0.654. The van der Waals surface area contributed by atoms with Gasteiger partial charge in [-0.1, -0.05) is 13.8 Å². The van der Waals surface area contributed by atoms with Crippen molar-refractivity contribution in [2.24, 2.45) is 11.7 Å². The number of pyridine rings is 2. The second-order valence-corrected chi connectivity index (χ2v) is 8.03. The average Bonchev–Trinajstić information content (AvgIpc) is 2.58.